The van der Waals surface area contributed by atoms with Crippen LogP contribution >= 0.6 is 11.3 Å². The van der Waals surface area contributed by atoms with Crippen molar-refractivity contribution in [1.29, 1.82) is 0 Å². The van der Waals surface area contributed by atoms with Gasteiger partial charge in [0.1, 0.15) is 5.01 Å². The molecule has 0 atom stereocenters. The lowest BCUT2D eigenvalue weighted by Gasteiger charge is -2.01. The number of nitrogens with zero attached hydrogens (tertiary/aromatic N) is 4. The lowest BCUT2D eigenvalue weighted by atomic mass is 10.1. The van der Waals surface area contributed by atoms with Gasteiger partial charge in [0, 0.05) is 17.2 Å². The number of nitrogen functional groups attached to an aromatic ring is 1. The van der Waals surface area contributed by atoms with Crippen LogP contribution in [0.4, 0.5) is 5.69 Å². The van der Waals surface area contributed by atoms with Crippen molar-refractivity contribution in [3.8, 4) is 10.6 Å². The maximum Gasteiger partial charge on any atom is 0.234 e. The van der Waals surface area contributed by atoms with E-state index in [2.05, 4.69) is 15.3 Å². The quantitative estimate of drug-likeness (QED) is 0.727. The van der Waals surface area contributed by atoms with E-state index < -0.39 is 0 Å². The van der Waals surface area contributed by atoms with Crippen LogP contribution in [-0.2, 0) is 0 Å². The number of aryl methyl sites for hydroxylation is 1. The van der Waals surface area contributed by atoms with E-state index in [9.17, 15) is 0 Å². The van der Waals surface area contributed by atoms with Gasteiger partial charge in [-0.2, -0.15) is 9.61 Å². The average molecular weight is 271 g/mol. The highest BCUT2D eigenvalue weighted by Gasteiger charge is 2.30. The van der Waals surface area contributed by atoms with E-state index in [0.717, 1.165) is 32.6 Å². The summed E-state index contributed by atoms with van der Waals surface area (Å²) in [7, 11) is 0. The molecule has 19 heavy (non-hydrogen) atoms. The third kappa shape index (κ3) is 1.71. The molecule has 0 saturated heterocycles. The molecule has 2 aromatic heterocycles. The Morgan fingerprint density at radius 1 is 1.32 bits per heavy atom. The molecule has 0 aliphatic heterocycles. The van der Waals surface area contributed by atoms with E-state index in [1.807, 2.05) is 29.6 Å². The van der Waals surface area contributed by atoms with E-state index in [1.54, 1.807) is 11.3 Å². The summed E-state index contributed by atoms with van der Waals surface area (Å²) in [5.41, 5.74) is 8.89. The Balaban J connectivity index is 1.84. The summed E-state index contributed by atoms with van der Waals surface area (Å²) in [6.07, 6.45) is 2.40. The molecule has 1 aliphatic rings. The molecule has 1 aliphatic carbocycles. The van der Waals surface area contributed by atoms with Gasteiger partial charge in [0.15, 0.2) is 5.82 Å². The van der Waals surface area contributed by atoms with Crippen molar-refractivity contribution in [2.75, 3.05) is 5.73 Å². The molecule has 6 heteroatoms. The van der Waals surface area contributed by atoms with Crippen LogP contribution in [0.3, 0.4) is 0 Å². The highest BCUT2D eigenvalue weighted by molar-refractivity contribution is 7.19. The highest BCUT2D eigenvalue weighted by atomic mass is 32.1. The number of rotatable bonds is 2. The zero-order chi connectivity index (χ0) is 13.0. The number of fused-ring (bicyclic) bond motifs is 1. The smallest absolute Gasteiger partial charge is 0.234 e. The van der Waals surface area contributed by atoms with Gasteiger partial charge in [0.25, 0.3) is 0 Å². The molecule has 1 aromatic carbocycles. The maximum absolute atomic E-state index is 5.96. The molecule has 1 fully saturated rings. The molecule has 4 rings (SSSR count). The maximum atomic E-state index is 5.96. The zero-order valence-electron chi connectivity index (χ0n) is 10.5. The molecule has 5 nitrogen and oxygen atoms in total. The topological polar surface area (TPSA) is 69.1 Å². The molecule has 0 radical (unpaired) electrons. The second-order valence-electron chi connectivity index (χ2n) is 5.01. The Kier molecular flexibility index (Phi) is 2.17. The molecule has 1 saturated carbocycles. The Morgan fingerprint density at radius 3 is 2.89 bits per heavy atom. The van der Waals surface area contributed by atoms with Gasteiger partial charge in [-0.25, -0.2) is 0 Å². The number of hydrogen-bond acceptors (Lipinski definition) is 5. The van der Waals surface area contributed by atoms with Crippen molar-refractivity contribution in [3.05, 3.63) is 29.6 Å². The first-order valence-electron chi connectivity index (χ1n) is 6.31. The van der Waals surface area contributed by atoms with Gasteiger partial charge in [-0.15, -0.1) is 10.2 Å². The lowest BCUT2D eigenvalue weighted by Crippen LogP contribution is -1.94. The molecule has 3 aromatic rings. The summed E-state index contributed by atoms with van der Waals surface area (Å²) in [4.78, 5) is 0.857. The van der Waals surface area contributed by atoms with E-state index in [1.165, 1.54) is 12.8 Å². The molecule has 2 N–H and O–H groups in total. The normalized spacial score (nSPS) is 15.2. The Hall–Kier alpha value is -1.95. The second-order valence-corrected chi connectivity index (χ2v) is 5.96. The van der Waals surface area contributed by atoms with Gasteiger partial charge < -0.3 is 5.73 Å². The summed E-state index contributed by atoms with van der Waals surface area (Å²) in [6.45, 7) is 2.00. The van der Waals surface area contributed by atoms with Crippen molar-refractivity contribution >= 4 is 22.0 Å². The van der Waals surface area contributed by atoms with Gasteiger partial charge in [0.2, 0.25) is 4.96 Å². The summed E-state index contributed by atoms with van der Waals surface area (Å²) in [5.74, 6) is 1.55. The summed E-state index contributed by atoms with van der Waals surface area (Å²) in [5, 5.41) is 14.0. The van der Waals surface area contributed by atoms with Crippen LogP contribution in [-0.4, -0.2) is 19.8 Å². The zero-order valence-corrected chi connectivity index (χ0v) is 11.3. The molecule has 2 heterocycles. The Morgan fingerprint density at radius 2 is 2.16 bits per heavy atom. The van der Waals surface area contributed by atoms with Crippen molar-refractivity contribution in [3.63, 3.8) is 0 Å². The number of hydrogen-bond donors (Lipinski definition) is 1. The van der Waals surface area contributed by atoms with Crippen molar-refractivity contribution < 1.29 is 0 Å². The average Bonchev–Trinajstić information content (AvgIpc) is 3.01. The largest absolute Gasteiger partial charge is 0.398 e. The number of nitrogens with two attached hydrogens (primary N) is 1. The molecular weight excluding hydrogens is 258 g/mol. The lowest BCUT2D eigenvalue weighted by molar-refractivity contribution is 0.828. The highest BCUT2D eigenvalue weighted by Crippen LogP contribution is 2.39. The molecular formula is C13H13N5S. The van der Waals surface area contributed by atoms with Gasteiger partial charge in [-0.1, -0.05) is 23.5 Å². The second kappa shape index (κ2) is 3.77. The van der Waals surface area contributed by atoms with Crippen LogP contribution in [0.1, 0.15) is 30.1 Å². The third-order valence-corrected chi connectivity index (χ3v) is 4.43. The van der Waals surface area contributed by atoms with Gasteiger partial charge >= 0.3 is 0 Å². The SMILES string of the molecule is Cc1ccc(-c2nn3c(C4CC4)nnc3s2)cc1N. The predicted molar refractivity (Wildman–Crippen MR) is 75.2 cm³/mol. The van der Waals surface area contributed by atoms with Crippen LogP contribution in [0.25, 0.3) is 15.5 Å². The van der Waals surface area contributed by atoms with Crippen molar-refractivity contribution in [2.24, 2.45) is 0 Å². The minimum Gasteiger partial charge on any atom is -0.398 e. The Bertz CT molecular complexity index is 769. The Labute approximate surface area is 114 Å². The van der Waals surface area contributed by atoms with E-state index in [0.29, 0.717) is 5.92 Å². The first-order valence-corrected chi connectivity index (χ1v) is 7.12. The van der Waals surface area contributed by atoms with Gasteiger partial charge in [-0.3, -0.25) is 0 Å². The van der Waals surface area contributed by atoms with E-state index in [-0.39, 0.29) is 0 Å². The molecule has 0 unspecified atom stereocenters. The van der Waals surface area contributed by atoms with Crippen molar-refractivity contribution in [2.45, 2.75) is 25.7 Å². The fraction of sp³-hybridized carbons (Fsp3) is 0.308. The number of anilines is 1. The first-order chi connectivity index (χ1) is 9.22. The monoisotopic (exact) mass is 271 g/mol. The number of aromatic nitrogens is 4. The standard InChI is InChI=1S/C13H13N5S/c1-7-2-3-9(6-10(7)14)12-17-18-11(8-4-5-8)15-16-13(18)19-12/h2-3,6,8H,4-5,14H2,1H3. The van der Waals surface area contributed by atoms with Crippen LogP contribution in [0.15, 0.2) is 18.2 Å². The first kappa shape index (κ1) is 10.9. The van der Waals surface area contributed by atoms with E-state index >= 15 is 0 Å². The van der Waals surface area contributed by atoms with Crippen LogP contribution in [0.2, 0.25) is 0 Å². The predicted octanol–water partition coefficient (Wildman–Crippen LogP) is 2.62. The summed E-state index contributed by atoms with van der Waals surface area (Å²) < 4.78 is 1.88. The van der Waals surface area contributed by atoms with Gasteiger partial charge in [-0.05, 0) is 31.4 Å². The summed E-state index contributed by atoms with van der Waals surface area (Å²) in [6, 6.07) is 6.04. The number of benzene rings is 1. The summed E-state index contributed by atoms with van der Waals surface area (Å²) >= 11 is 1.55. The minimum atomic E-state index is 0.549. The van der Waals surface area contributed by atoms with Crippen molar-refractivity contribution in [1.82, 2.24) is 19.8 Å². The fourth-order valence-electron chi connectivity index (χ4n) is 2.12. The molecule has 0 bridgehead atoms. The molecule has 96 valence electrons. The fourth-order valence-corrected chi connectivity index (χ4v) is 2.96. The molecule has 0 spiro atoms. The minimum absolute atomic E-state index is 0.549. The third-order valence-electron chi connectivity index (χ3n) is 3.48. The van der Waals surface area contributed by atoms with Crippen LogP contribution in [0.5, 0.6) is 0 Å². The van der Waals surface area contributed by atoms with E-state index in [4.69, 9.17) is 5.73 Å². The molecule has 0 amide bonds. The van der Waals surface area contributed by atoms with Crippen LogP contribution in [0, 0.1) is 6.92 Å². The van der Waals surface area contributed by atoms with Crippen LogP contribution < -0.4 is 5.73 Å². The van der Waals surface area contributed by atoms with Gasteiger partial charge in [0.05, 0.1) is 0 Å².